The second-order valence-electron chi connectivity index (χ2n) is 5.27. The third-order valence-electron chi connectivity index (χ3n) is 3.50. The van der Waals surface area contributed by atoms with E-state index in [1.807, 2.05) is 6.92 Å². The lowest BCUT2D eigenvalue weighted by Gasteiger charge is -2.25. The van der Waals surface area contributed by atoms with Gasteiger partial charge in [-0.25, -0.2) is 4.72 Å². The number of rotatable bonds is 6. The Bertz CT molecular complexity index is 647. The van der Waals surface area contributed by atoms with Crippen LogP contribution in [0.2, 0.25) is 0 Å². The van der Waals surface area contributed by atoms with Crippen LogP contribution in [0, 0.1) is 0 Å². The first kappa shape index (κ1) is 17.5. The van der Waals surface area contributed by atoms with E-state index in [0.29, 0.717) is 19.7 Å². The van der Waals surface area contributed by atoms with Crippen molar-refractivity contribution in [2.24, 2.45) is 0 Å². The van der Waals surface area contributed by atoms with E-state index >= 15 is 0 Å². The number of carbonyl (C=O) groups excluding carboxylic acids is 1. The quantitative estimate of drug-likeness (QED) is 0.805. The number of nitrogens with zero attached hydrogens (tertiary/aromatic N) is 1. The van der Waals surface area contributed by atoms with Crippen LogP contribution >= 0.6 is 0 Å². The molecule has 0 bridgehead atoms. The molecule has 1 saturated heterocycles. The fourth-order valence-electron chi connectivity index (χ4n) is 2.34. The van der Waals surface area contributed by atoms with E-state index in [9.17, 15) is 13.2 Å². The first-order valence-corrected chi connectivity index (χ1v) is 9.18. The van der Waals surface area contributed by atoms with Crippen molar-refractivity contribution in [2.75, 3.05) is 19.7 Å². The molecule has 0 saturated carbocycles. The summed E-state index contributed by atoms with van der Waals surface area (Å²) in [6, 6.07) is 7.19. The summed E-state index contributed by atoms with van der Waals surface area (Å²) in [5, 5.41) is 0. The maximum Gasteiger partial charge on any atom is 0.304 e. The van der Waals surface area contributed by atoms with Gasteiger partial charge in [-0.3, -0.25) is 4.79 Å². The molecule has 1 aromatic rings. The van der Waals surface area contributed by atoms with Gasteiger partial charge in [0.1, 0.15) is 5.75 Å². The van der Waals surface area contributed by atoms with Crippen LogP contribution < -0.4 is 9.46 Å². The topological polar surface area (TPSA) is 75.7 Å². The summed E-state index contributed by atoms with van der Waals surface area (Å²) in [7, 11) is -3.74. The Kier molecular flexibility index (Phi) is 6.18. The van der Waals surface area contributed by atoms with Gasteiger partial charge in [-0.05, 0) is 43.5 Å². The molecule has 7 heteroatoms. The van der Waals surface area contributed by atoms with Crippen LogP contribution in [0.1, 0.15) is 31.7 Å². The Morgan fingerprint density at radius 1 is 1.22 bits per heavy atom. The maximum absolute atomic E-state index is 12.1. The second kappa shape index (κ2) is 8.12. The van der Waals surface area contributed by atoms with Crippen molar-refractivity contribution in [3.63, 3.8) is 0 Å². The van der Waals surface area contributed by atoms with E-state index in [0.717, 1.165) is 30.6 Å². The highest BCUT2D eigenvalue weighted by molar-refractivity contribution is 7.87. The number of ether oxygens (including phenoxy) is 1. The van der Waals surface area contributed by atoms with Crippen LogP contribution in [-0.4, -0.2) is 38.3 Å². The Labute approximate surface area is 137 Å². The van der Waals surface area contributed by atoms with Crippen molar-refractivity contribution < 1.29 is 17.9 Å². The van der Waals surface area contributed by atoms with Gasteiger partial charge >= 0.3 is 10.2 Å². The molecular formula is C16H22N2O4S. The summed E-state index contributed by atoms with van der Waals surface area (Å²) < 4.78 is 32.9. The summed E-state index contributed by atoms with van der Waals surface area (Å²) in [6.45, 7) is 3.42. The van der Waals surface area contributed by atoms with E-state index in [4.69, 9.17) is 4.74 Å². The lowest BCUT2D eigenvalue weighted by molar-refractivity contribution is -0.114. The average Bonchev–Trinajstić information content (AvgIpc) is 2.55. The molecule has 0 radical (unpaired) electrons. The fraction of sp³-hybridized carbons (Fsp3) is 0.438. The lowest BCUT2D eigenvalue weighted by Crippen LogP contribution is -2.45. The smallest absolute Gasteiger partial charge is 0.304 e. The predicted molar refractivity (Wildman–Crippen MR) is 89.1 cm³/mol. The molecular weight excluding hydrogens is 316 g/mol. The third-order valence-corrected chi connectivity index (χ3v) is 5.01. The normalized spacial score (nSPS) is 16.4. The van der Waals surface area contributed by atoms with Gasteiger partial charge in [-0.1, -0.05) is 18.6 Å². The SMILES string of the molecule is CCOc1ccc(/C=C/C(=O)NS(=O)(=O)N2CCCCC2)cc1. The van der Waals surface area contributed by atoms with Crippen molar-refractivity contribution in [2.45, 2.75) is 26.2 Å². The number of hydrogen-bond acceptors (Lipinski definition) is 4. The maximum atomic E-state index is 12.1. The van der Waals surface area contributed by atoms with E-state index in [-0.39, 0.29) is 0 Å². The van der Waals surface area contributed by atoms with Crippen LogP contribution in [0.15, 0.2) is 30.3 Å². The minimum absolute atomic E-state index is 0.464. The average molecular weight is 338 g/mol. The monoisotopic (exact) mass is 338 g/mol. The Hall–Kier alpha value is -1.86. The van der Waals surface area contributed by atoms with E-state index < -0.39 is 16.1 Å². The van der Waals surface area contributed by atoms with Gasteiger partial charge < -0.3 is 4.74 Å². The summed E-state index contributed by atoms with van der Waals surface area (Å²) in [4.78, 5) is 11.8. The van der Waals surface area contributed by atoms with E-state index in [1.54, 1.807) is 30.3 Å². The molecule has 1 fully saturated rings. The van der Waals surface area contributed by atoms with Gasteiger partial charge in [0.05, 0.1) is 6.61 Å². The molecule has 0 aromatic heterocycles. The van der Waals surface area contributed by atoms with Crippen molar-refractivity contribution >= 4 is 22.2 Å². The largest absolute Gasteiger partial charge is 0.494 e. The van der Waals surface area contributed by atoms with E-state index in [1.165, 1.54) is 10.4 Å². The van der Waals surface area contributed by atoms with Gasteiger partial charge in [0.15, 0.2) is 0 Å². The van der Waals surface area contributed by atoms with Gasteiger partial charge in [-0.2, -0.15) is 12.7 Å². The zero-order valence-electron chi connectivity index (χ0n) is 13.2. The Balaban J connectivity index is 1.92. The number of nitrogens with one attached hydrogen (secondary N) is 1. The van der Waals surface area contributed by atoms with Crippen LogP contribution in [0.5, 0.6) is 5.75 Å². The van der Waals surface area contributed by atoms with Gasteiger partial charge in [0.2, 0.25) is 0 Å². The Morgan fingerprint density at radius 2 is 1.87 bits per heavy atom. The molecule has 0 aliphatic carbocycles. The molecule has 1 heterocycles. The number of amides is 1. The highest BCUT2D eigenvalue weighted by Gasteiger charge is 2.24. The summed E-state index contributed by atoms with van der Waals surface area (Å²) in [5.74, 6) is 0.103. The lowest BCUT2D eigenvalue weighted by atomic mass is 10.2. The van der Waals surface area contributed by atoms with Gasteiger partial charge in [0.25, 0.3) is 5.91 Å². The molecule has 2 rings (SSSR count). The molecule has 0 atom stereocenters. The Morgan fingerprint density at radius 3 is 2.48 bits per heavy atom. The highest BCUT2D eigenvalue weighted by Crippen LogP contribution is 2.14. The number of piperidine rings is 1. The van der Waals surface area contributed by atoms with Crippen molar-refractivity contribution in [1.82, 2.24) is 9.03 Å². The molecule has 1 N–H and O–H groups in total. The molecule has 126 valence electrons. The zero-order chi connectivity index (χ0) is 16.7. The van der Waals surface area contributed by atoms with Crippen molar-refractivity contribution in [3.05, 3.63) is 35.9 Å². The number of benzene rings is 1. The minimum atomic E-state index is -3.74. The first-order chi connectivity index (χ1) is 11.0. The second-order valence-corrected chi connectivity index (χ2v) is 6.94. The molecule has 23 heavy (non-hydrogen) atoms. The molecule has 1 amide bonds. The van der Waals surface area contributed by atoms with Crippen LogP contribution in [0.25, 0.3) is 6.08 Å². The molecule has 6 nitrogen and oxygen atoms in total. The number of carbonyl (C=O) groups is 1. The molecule has 0 spiro atoms. The van der Waals surface area contributed by atoms with E-state index in [2.05, 4.69) is 4.72 Å². The highest BCUT2D eigenvalue weighted by atomic mass is 32.2. The molecule has 1 aliphatic heterocycles. The zero-order valence-corrected chi connectivity index (χ0v) is 14.0. The molecule has 0 unspecified atom stereocenters. The summed E-state index contributed by atoms with van der Waals surface area (Å²) >= 11 is 0. The molecule has 1 aromatic carbocycles. The number of hydrogen-bond donors (Lipinski definition) is 1. The standard InChI is InChI=1S/C16H22N2O4S/c1-2-22-15-9-6-14(7-10-15)8-11-16(19)17-23(20,21)18-12-4-3-5-13-18/h6-11H,2-5,12-13H2,1H3,(H,17,19)/b11-8+. The van der Waals surface area contributed by atoms with Crippen LogP contribution in [0.4, 0.5) is 0 Å². The predicted octanol–water partition coefficient (Wildman–Crippen LogP) is 1.95. The van der Waals surface area contributed by atoms with Crippen molar-refractivity contribution in [1.29, 1.82) is 0 Å². The first-order valence-electron chi connectivity index (χ1n) is 7.74. The van der Waals surface area contributed by atoms with Crippen LogP contribution in [0.3, 0.4) is 0 Å². The van der Waals surface area contributed by atoms with Crippen molar-refractivity contribution in [3.8, 4) is 5.75 Å². The van der Waals surface area contributed by atoms with Crippen LogP contribution in [-0.2, 0) is 15.0 Å². The molecule has 1 aliphatic rings. The fourth-order valence-corrected chi connectivity index (χ4v) is 3.53. The minimum Gasteiger partial charge on any atom is -0.494 e. The van der Waals surface area contributed by atoms with Gasteiger partial charge in [0, 0.05) is 19.2 Å². The van der Waals surface area contributed by atoms with Gasteiger partial charge in [-0.15, -0.1) is 0 Å². The summed E-state index contributed by atoms with van der Waals surface area (Å²) in [6.07, 6.45) is 5.47. The third kappa shape index (κ3) is 5.37. The summed E-state index contributed by atoms with van der Waals surface area (Å²) in [5.41, 5.74) is 0.791.